The first kappa shape index (κ1) is 13.2. The monoisotopic (exact) mass is 271 g/mol. The zero-order valence-corrected chi connectivity index (χ0v) is 11.8. The largest absolute Gasteiger partial charge is 0.370 e. The van der Waals surface area contributed by atoms with Crippen molar-refractivity contribution in [3.8, 4) is 0 Å². The Balaban J connectivity index is 1.93. The van der Waals surface area contributed by atoms with E-state index in [2.05, 4.69) is 36.2 Å². The van der Waals surface area contributed by atoms with Gasteiger partial charge in [-0.2, -0.15) is 4.99 Å². The van der Waals surface area contributed by atoms with E-state index in [9.17, 15) is 4.79 Å². The minimum atomic E-state index is -0.136. The first-order valence-corrected chi connectivity index (χ1v) is 7.26. The molecular weight excluding hydrogens is 250 g/mol. The van der Waals surface area contributed by atoms with Crippen LogP contribution in [0.15, 0.2) is 29.3 Å². The number of hydrogen-bond donors (Lipinski definition) is 2. The molecule has 2 aliphatic rings. The molecule has 106 valence electrons. The molecule has 0 aromatic heterocycles. The van der Waals surface area contributed by atoms with Crippen molar-refractivity contribution < 1.29 is 4.79 Å². The molecular formula is C16H21N3O. The second-order valence-electron chi connectivity index (χ2n) is 6.17. The normalized spacial score (nSPS) is 31.2. The van der Waals surface area contributed by atoms with Crippen LogP contribution >= 0.6 is 0 Å². The fourth-order valence-corrected chi connectivity index (χ4v) is 4.12. The van der Waals surface area contributed by atoms with E-state index < -0.39 is 0 Å². The van der Waals surface area contributed by atoms with Gasteiger partial charge in [0.15, 0.2) is 5.96 Å². The molecule has 0 unspecified atom stereocenters. The Morgan fingerprint density at radius 3 is 2.45 bits per heavy atom. The lowest BCUT2D eigenvalue weighted by atomic mass is 9.75. The summed E-state index contributed by atoms with van der Waals surface area (Å²) in [6.07, 6.45) is 3.48. The molecule has 0 radical (unpaired) electrons. The van der Waals surface area contributed by atoms with E-state index in [1.807, 2.05) is 0 Å². The van der Waals surface area contributed by atoms with E-state index >= 15 is 0 Å². The molecule has 4 atom stereocenters. The molecule has 0 aliphatic heterocycles. The Bertz CT molecular complexity index is 545. The van der Waals surface area contributed by atoms with Crippen LogP contribution in [0, 0.1) is 24.7 Å². The van der Waals surface area contributed by atoms with Gasteiger partial charge >= 0.3 is 0 Å². The number of nitrogens with zero attached hydrogens (tertiary/aromatic N) is 1. The lowest BCUT2D eigenvalue weighted by molar-refractivity contribution is -0.123. The van der Waals surface area contributed by atoms with Gasteiger partial charge in [0.25, 0.3) is 5.91 Å². The van der Waals surface area contributed by atoms with E-state index in [0.29, 0.717) is 11.8 Å². The molecule has 4 heteroatoms. The Kier molecular flexibility index (Phi) is 3.24. The number of carbonyl (C=O) groups is 1. The predicted octanol–water partition coefficient (Wildman–Crippen LogP) is 1.92. The van der Waals surface area contributed by atoms with Crippen LogP contribution in [0.5, 0.6) is 0 Å². The third kappa shape index (κ3) is 2.19. The summed E-state index contributed by atoms with van der Waals surface area (Å²) >= 11 is 0. The standard InChI is InChI=1S/C16H21N3O/c1-9-2-4-10(5-3-9)13-11-6-7-12(8-11)14(13)15(20)19-16(17)18/h2-5,11-14H,6-8H2,1H3,(H4,17,18,19,20)/t11-,12-,13+,14+/m0/s1. The number of guanidine groups is 1. The van der Waals surface area contributed by atoms with Gasteiger partial charge in [0.2, 0.25) is 0 Å². The van der Waals surface area contributed by atoms with Gasteiger partial charge in [-0.3, -0.25) is 4.79 Å². The highest BCUT2D eigenvalue weighted by molar-refractivity contribution is 5.93. The summed E-state index contributed by atoms with van der Waals surface area (Å²) in [4.78, 5) is 16.2. The number of amides is 1. The van der Waals surface area contributed by atoms with Crippen LogP contribution in [0.4, 0.5) is 0 Å². The van der Waals surface area contributed by atoms with E-state index in [1.165, 1.54) is 17.5 Å². The van der Waals surface area contributed by atoms with Crippen molar-refractivity contribution in [3.05, 3.63) is 35.4 Å². The Morgan fingerprint density at radius 2 is 1.80 bits per heavy atom. The van der Waals surface area contributed by atoms with E-state index in [1.54, 1.807) is 0 Å². The molecule has 0 heterocycles. The third-order valence-electron chi connectivity index (χ3n) is 4.90. The lowest BCUT2D eigenvalue weighted by Gasteiger charge is -2.29. The van der Waals surface area contributed by atoms with Crippen molar-refractivity contribution in [1.29, 1.82) is 0 Å². The van der Waals surface area contributed by atoms with Crippen molar-refractivity contribution >= 4 is 11.9 Å². The Labute approximate surface area is 119 Å². The maximum Gasteiger partial charge on any atom is 0.252 e. The molecule has 2 bridgehead atoms. The summed E-state index contributed by atoms with van der Waals surface area (Å²) in [5, 5.41) is 0. The molecule has 0 spiro atoms. The predicted molar refractivity (Wildman–Crippen MR) is 79.1 cm³/mol. The van der Waals surface area contributed by atoms with E-state index in [-0.39, 0.29) is 23.7 Å². The van der Waals surface area contributed by atoms with Crippen molar-refractivity contribution in [2.24, 2.45) is 34.2 Å². The van der Waals surface area contributed by atoms with Gasteiger partial charge in [0, 0.05) is 0 Å². The molecule has 1 aromatic rings. The Hall–Kier alpha value is -1.84. The number of aryl methyl sites for hydroxylation is 1. The molecule has 1 aromatic carbocycles. The average molecular weight is 271 g/mol. The second-order valence-corrected chi connectivity index (χ2v) is 6.17. The van der Waals surface area contributed by atoms with Crippen molar-refractivity contribution in [1.82, 2.24) is 0 Å². The SMILES string of the molecule is Cc1ccc([C@@H]2[C@H]3CC[C@@H](C3)[C@H]2C(=O)N=C(N)N)cc1. The number of aliphatic imine (C=N–C) groups is 1. The van der Waals surface area contributed by atoms with Crippen LogP contribution in [0.3, 0.4) is 0 Å². The molecule has 4 nitrogen and oxygen atoms in total. The number of carbonyl (C=O) groups excluding carboxylic acids is 1. The first-order valence-electron chi connectivity index (χ1n) is 7.26. The van der Waals surface area contributed by atoms with Gasteiger partial charge in [-0.1, -0.05) is 29.8 Å². The molecule has 2 saturated carbocycles. The van der Waals surface area contributed by atoms with Gasteiger partial charge < -0.3 is 11.5 Å². The van der Waals surface area contributed by atoms with Crippen LogP contribution in [0.2, 0.25) is 0 Å². The number of benzene rings is 1. The van der Waals surface area contributed by atoms with E-state index in [0.717, 1.165) is 12.8 Å². The summed E-state index contributed by atoms with van der Waals surface area (Å²) in [5.41, 5.74) is 13.2. The van der Waals surface area contributed by atoms with Crippen LogP contribution in [0.25, 0.3) is 0 Å². The van der Waals surface area contributed by atoms with Crippen LogP contribution in [0.1, 0.15) is 36.3 Å². The van der Waals surface area contributed by atoms with Gasteiger partial charge in [0.05, 0.1) is 5.92 Å². The zero-order chi connectivity index (χ0) is 14.3. The Morgan fingerprint density at radius 1 is 1.15 bits per heavy atom. The number of nitrogens with two attached hydrogens (primary N) is 2. The topological polar surface area (TPSA) is 81.5 Å². The average Bonchev–Trinajstić information content (AvgIpc) is 2.99. The maximum atomic E-state index is 12.3. The summed E-state index contributed by atoms with van der Waals surface area (Å²) in [5.74, 6) is 1.03. The highest BCUT2D eigenvalue weighted by Crippen LogP contribution is 2.57. The van der Waals surface area contributed by atoms with Gasteiger partial charge in [0.1, 0.15) is 0 Å². The fraction of sp³-hybridized carbons (Fsp3) is 0.500. The summed E-state index contributed by atoms with van der Waals surface area (Å²) < 4.78 is 0. The van der Waals surface area contributed by atoms with Crippen molar-refractivity contribution in [2.45, 2.75) is 32.1 Å². The molecule has 2 aliphatic carbocycles. The van der Waals surface area contributed by atoms with Gasteiger partial charge in [-0.05, 0) is 49.5 Å². The molecule has 4 N–H and O–H groups in total. The number of rotatable bonds is 2. The van der Waals surface area contributed by atoms with Gasteiger partial charge in [-0.25, -0.2) is 0 Å². The zero-order valence-electron chi connectivity index (χ0n) is 11.8. The second kappa shape index (κ2) is 4.93. The fourth-order valence-electron chi connectivity index (χ4n) is 4.12. The molecule has 20 heavy (non-hydrogen) atoms. The van der Waals surface area contributed by atoms with Crippen LogP contribution in [-0.4, -0.2) is 11.9 Å². The number of fused-ring (bicyclic) bond motifs is 2. The molecule has 0 saturated heterocycles. The van der Waals surface area contributed by atoms with Crippen LogP contribution in [-0.2, 0) is 4.79 Å². The summed E-state index contributed by atoms with van der Waals surface area (Å²) in [6.45, 7) is 2.08. The maximum absolute atomic E-state index is 12.3. The highest BCUT2D eigenvalue weighted by atomic mass is 16.1. The minimum Gasteiger partial charge on any atom is -0.370 e. The molecule has 3 rings (SSSR count). The third-order valence-corrected chi connectivity index (χ3v) is 4.90. The van der Waals surface area contributed by atoms with Crippen LogP contribution < -0.4 is 11.5 Å². The number of hydrogen-bond acceptors (Lipinski definition) is 1. The smallest absolute Gasteiger partial charge is 0.252 e. The summed E-state index contributed by atoms with van der Waals surface area (Å²) in [6, 6.07) is 8.53. The van der Waals surface area contributed by atoms with E-state index in [4.69, 9.17) is 11.5 Å². The minimum absolute atomic E-state index is 0.0430. The van der Waals surface area contributed by atoms with Crippen molar-refractivity contribution in [3.63, 3.8) is 0 Å². The van der Waals surface area contributed by atoms with Gasteiger partial charge in [-0.15, -0.1) is 0 Å². The van der Waals surface area contributed by atoms with Crippen molar-refractivity contribution in [2.75, 3.05) is 0 Å². The summed E-state index contributed by atoms with van der Waals surface area (Å²) in [7, 11) is 0. The highest BCUT2D eigenvalue weighted by Gasteiger charge is 2.51. The lowest BCUT2D eigenvalue weighted by Crippen LogP contribution is -2.31. The quantitative estimate of drug-likeness (QED) is 0.637. The molecule has 1 amide bonds. The first-order chi connectivity index (χ1) is 9.56. The molecule has 2 fully saturated rings.